The highest BCUT2D eigenvalue weighted by molar-refractivity contribution is 5.70. The van der Waals surface area contributed by atoms with Gasteiger partial charge < -0.3 is 15.2 Å². The lowest BCUT2D eigenvalue weighted by atomic mass is 9.86. The van der Waals surface area contributed by atoms with Crippen LogP contribution in [0.15, 0.2) is 0 Å². The standard InChI is InChI=1S/C12H20F3NO3/c13-12(14,15)8-19-6-2-5-16-10-4-1-3-9(7-10)11(17)18/h9-10,16H,1-8H2,(H,17,18). The maximum Gasteiger partial charge on any atom is 0.411 e. The molecule has 0 aromatic heterocycles. The normalized spacial score (nSPS) is 24.4. The van der Waals surface area contributed by atoms with Crippen molar-refractivity contribution in [3.8, 4) is 0 Å². The number of halogens is 3. The second-order valence-electron chi connectivity index (χ2n) is 4.87. The van der Waals surface area contributed by atoms with Crippen molar-refractivity contribution in [3.63, 3.8) is 0 Å². The molecule has 1 fully saturated rings. The number of carboxylic acid groups (broad SMARTS) is 1. The van der Waals surface area contributed by atoms with Crippen molar-refractivity contribution in [1.29, 1.82) is 0 Å². The van der Waals surface area contributed by atoms with E-state index < -0.39 is 18.8 Å². The van der Waals surface area contributed by atoms with Crippen molar-refractivity contribution >= 4 is 5.97 Å². The van der Waals surface area contributed by atoms with Gasteiger partial charge in [-0.3, -0.25) is 4.79 Å². The van der Waals surface area contributed by atoms with Crippen LogP contribution in [0.5, 0.6) is 0 Å². The van der Waals surface area contributed by atoms with Crippen LogP contribution in [-0.4, -0.2) is 43.1 Å². The maximum absolute atomic E-state index is 11.8. The summed E-state index contributed by atoms with van der Waals surface area (Å²) in [5, 5.41) is 12.1. The van der Waals surface area contributed by atoms with Crippen molar-refractivity contribution in [2.24, 2.45) is 5.92 Å². The van der Waals surface area contributed by atoms with Crippen molar-refractivity contribution in [2.75, 3.05) is 19.8 Å². The minimum Gasteiger partial charge on any atom is -0.481 e. The lowest BCUT2D eigenvalue weighted by Gasteiger charge is -2.27. The van der Waals surface area contributed by atoms with Gasteiger partial charge in [0.05, 0.1) is 5.92 Å². The van der Waals surface area contributed by atoms with Gasteiger partial charge in [0, 0.05) is 12.6 Å². The summed E-state index contributed by atoms with van der Waals surface area (Å²) in [5.74, 6) is -1.06. The monoisotopic (exact) mass is 283 g/mol. The van der Waals surface area contributed by atoms with Crippen LogP contribution in [0.3, 0.4) is 0 Å². The zero-order chi connectivity index (χ0) is 14.3. The van der Waals surface area contributed by atoms with Gasteiger partial charge in [-0.2, -0.15) is 13.2 Å². The average molecular weight is 283 g/mol. The number of carbonyl (C=O) groups is 1. The first-order chi connectivity index (χ1) is 8.88. The molecule has 0 aromatic carbocycles. The Bertz CT molecular complexity index is 284. The fourth-order valence-electron chi connectivity index (χ4n) is 2.27. The zero-order valence-corrected chi connectivity index (χ0v) is 10.7. The van der Waals surface area contributed by atoms with Crippen LogP contribution in [-0.2, 0) is 9.53 Å². The van der Waals surface area contributed by atoms with E-state index in [9.17, 15) is 18.0 Å². The minimum absolute atomic E-state index is 0.0571. The van der Waals surface area contributed by atoms with Gasteiger partial charge in [0.25, 0.3) is 0 Å². The Kier molecular flexibility index (Phi) is 6.57. The van der Waals surface area contributed by atoms with E-state index in [0.717, 1.165) is 12.8 Å². The predicted octanol–water partition coefficient (Wildman–Crippen LogP) is 2.19. The molecule has 1 aliphatic rings. The van der Waals surface area contributed by atoms with E-state index in [4.69, 9.17) is 5.11 Å². The Morgan fingerprint density at radius 2 is 2.11 bits per heavy atom. The number of rotatable bonds is 7. The highest BCUT2D eigenvalue weighted by atomic mass is 19.4. The van der Waals surface area contributed by atoms with Crippen LogP contribution >= 0.6 is 0 Å². The molecule has 0 spiro atoms. The number of nitrogens with one attached hydrogen (secondary N) is 1. The van der Waals surface area contributed by atoms with E-state index in [1.54, 1.807) is 0 Å². The number of carboxylic acids is 1. The van der Waals surface area contributed by atoms with Crippen LogP contribution in [0.1, 0.15) is 32.1 Å². The maximum atomic E-state index is 11.8. The molecule has 1 rings (SSSR count). The first-order valence-corrected chi connectivity index (χ1v) is 6.49. The van der Waals surface area contributed by atoms with Gasteiger partial charge in [-0.15, -0.1) is 0 Å². The van der Waals surface area contributed by atoms with Gasteiger partial charge in [-0.1, -0.05) is 6.42 Å². The molecular weight excluding hydrogens is 263 g/mol. The molecule has 0 heterocycles. The number of hydrogen-bond acceptors (Lipinski definition) is 3. The third-order valence-electron chi connectivity index (χ3n) is 3.19. The smallest absolute Gasteiger partial charge is 0.411 e. The van der Waals surface area contributed by atoms with Crippen LogP contribution in [0, 0.1) is 5.92 Å². The molecule has 2 N–H and O–H groups in total. The number of aliphatic carboxylic acids is 1. The Morgan fingerprint density at radius 3 is 2.74 bits per heavy atom. The van der Waals surface area contributed by atoms with Gasteiger partial charge in [-0.05, 0) is 32.2 Å². The van der Waals surface area contributed by atoms with Crippen molar-refractivity contribution in [2.45, 2.75) is 44.3 Å². The van der Waals surface area contributed by atoms with Gasteiger partial charge in [-0.25, -0.2) is 0 Å². The summed E-state index contributed by atoms with van der Waals surface area (Å²) in [6.07, 6.45) is -0.677. The van der Waals surface area contributed by atoms with Gasteiger partial charge in [0.1, 0.15) is 6.61 Å². The van der Waals surface area contributed by atoms with E-state index in [0.29, 0.717) is 25.8 Å². The fourth-order valence-corrected chi connectivity index (χ4v) is 2.27. The highest BCUT2D eigenvalue weighted by Gasteiger charge is 2.27. The SMILES string of the molecule is O=C(O)C1CCCC(NCCCOCC(F)(F)F)C1. The lowest BCUT2D eigenvalue weighted by Crippen LogP contribution is -2.37. The summed E-state index contributed by atoms with van der Waals surface area (Å²) in [5.41, 5.74) is 0. The third kappa shape index (κ3) is 7.37. The molecule has 0 aromatic rings. The first kappa shape index (κ1) is 16.2. The number of alkyl halides is 3. The molecule has 1 saturated carbocycles. The topological polar surface area (TPSA) is 58.6 Å². The fraction of sp³-hybridized carbons (Fsp3) is 0.917. The minimum atomic E-state index is -4.27. The Balaban J connectivity index is 2.04. The van der Waals surface area contributed by atoms with E-state index >= 15 is 0 Å². The zero-order valence-electron chi connectivity index (χ0n) is 10.7. The first-order valence-electron chi connectivity index (χ1n) is 6.49. The summed E-state index contributed by atoms with van der Waals surface area (Å²) in [6.45, 7) is -0.603. The second-order valence-corrected chi connectivity index (χ2v) is 4.87. The van der Waals surface area contributed by atoms with E-state index in [-0.39, 0.29) is 18.6 Å². The Hall–Kier alpha value is -0.820. The van der Waals surface area contributed by atoms with Crippen LogP contribution in [0.2, 0.25) is 0 Å². The van der Waals surface area contributed by atoms with Gasteiger partial charge in [0.15, 0.2) is 0 Å². The molecule has 7 heteroatoms. The quantitative estimate of drug-likeness (QED) is 0.703. The van der Waals surface area contributed by atoms with Crippen molar-refractivity contribution in [1.82, 2.24) is 5.32 Å². The molecule has 0 saturated heterocycles. The van der Waals surface area contributed by atoms with Crippen molar-refractivity contribution < 1.29 is 27.8 Å². The second kappa shape index (κ2) is 7.69. The summed E-state index contributed by atoms with van der Waals surface area (Å²) < 4.78 is 39.8. The summed E-state index contributed by atoms with van der Waals surface area (Å²) in [6, 6.07) is 0.150. The molecule has 19 heavy (non-hydrogen) atoms. The summed E-state index contributed by atoms with van der Waals surface area (Å²) >= 11 is 0. The van der Waals surface area contributed by atoms with E-state index in [1.165, 1.54) is 0 Å². The molecule has 4 nitrogen and oxygen atoms in total. The molecular formula is C12H20F3NO3. The Morgan fingerprint density at radius 1 is 1.37 bits per heavy atom. The molecule has 0 amide bonds. The number of ether oxygens (including phenoxy) is 1. The molecule has 2 atom stereocenters. The molecule has 2 unspecified atom stereocenters. The summed E-state index contributed by atoms with van der Waals surface area (Å²) in [4.78, 5) is 10.9. The molecule has 0 bridgehead atoms. The molecule has 112 valence electrons. The average Bonchev–Trinajstić information content (AvgIpc) is 2.32. The van der Waals surface area contributed by atoms with E-state index in [1.807, 2.05) is 0 Å². The molecule has 0 aliphatic heterocycles. The largest absolute Gasteiger partial charge is 0.481 e. The highest BCUT2D eigenvalue weighted by Crippen LogP contribution is 2.24. The van der Waals surface area contributed by atoms with Gasteiger partial charge >= 0.3 is 12.1 Å². The van der Waals surface area contributed by atoms with Crippen molar-refractivity contribution in [3.05, 3.63) is 0 Å². The summed E-state index contributed by atoms with van der Waals surface area (Å²) in [7, 11) is 0. The molecule has 0 radical (unpaired) electrons. The lowest BCUT2D eigenvalue weighted by molar-refractivity contribution is -0.174. The predicted molar refractivity (Wildman–Crippen MR) is 62.9 cm³/mol. The third-order valence-corrected chi connectivity index (χ3v) is 3.19. The Labute approximate surface area is 110 Å². The van der Waals surface area contributed by atoms with Crippen LogP contribution < -0.4 is 5.32 Å². The van der Waals surface area contributed by atoms with Crippen LogP contribution in [0.4, 0.5) is 13.2 Å². The van der Waals surface area contributed by atoms with Gasteiger partial charge in [0.2, 0.25) is 0 Å². The van der Waals surface area contributed by atoms with E-state index in [2.05, 4.69) is 10.1 Å². The number of hydrogen-bond donors (Lipinski definition) is 2. The van der Waals surface area contributed by atoms with Crippen LogP contribution in [0.25, 0.3) is 0 Å². The molecule has 1 aliphatic carbocycles.